The average Bonchev–Trinajstić information content (AvgIpc) is 2.50. The maximum absolute atomic E-state index is 5.57. The SMILES string of the molecule is CC(CN)CN(C)Cc1ccn(C)n1. The Labute approximate surface area is 85.7 Å². The molecule has 1 aromatic heterocycles. The number of rotatable bonds is 5. The van der Waals surface area contributed by atoms with Crippen LogP contribution >= 0.6 is 0 Å². The van der Waals surface area contributed by atoms with Gasteiger partial charge in [0.2, 0.25) is 0 Å². The fourth-order valence-electron chi connectivity index (χ4n) is 1.50. The van der Waals surface area contributed by atoms with Gasteiger partial charge in [-0.2, -0.15) is 5.10 Å². The van der Waals surface area contributed by atoms with E-state index in [0.717, 1.165) is 25.3 Å². The summed E-state index contributed by atoms with van der Waals surface area (Å²) >= 11 is 0. The largest absolute Gasteiger partial charge is 0.330 e. The summed E-state index contributed by atoms with van der Waals surface area (Å²) in [4.78, 5) is 2.25. The zero-order valence-corrected chi connectivity index (χ0v) is 9.27. The Kier molecular flexibility index (Phi) is 4.10. The molecular formula is C10H20N4. The van der Waals surface area contributed by atoms with Crippen molar-refractivity contribution in [3.63, 3.8) is 0 Å². The Bertz CT molecular complexity index is 269. The van der Waals surface area contributed by atoms with E-state index >= 15 is 0 Å². The van der Waals surface area contributed by atoms with Crippen LogP contribution in [0.5, 0.6) is 0 Å². The summed E-state index contributed by atoms with van der Waals surface area (Å²) in [6.07, 6.45) is 1.97. The lowest BCUT2D eigenvalue weighted by atomic mass is 10.2. The highest BCUT2D eigenvalue weighted by atomic mass is 15.3. The van der Waals surface area contributed by atoms with Crippen molar-refractivity contribution in [2.24, 2.45) is 18.7 Å². The molecule has 0 aliphatic heterocycles. The molecule has 0 aliphatic rings. The summed E-state index contributed by atoms with van der Waals surface area (Å²) in [5.41, 5.74) is 6.68. The lowest BCUT2D eigenvalue weighted by molar-refractivity contribution is 0.278. The smallest absolute Gasteiger partial charge is 0.0764 e. The highest BCUT2D eigenvalue weighted by molar-refractivity contribution is 4.98. The van der Waals surface area contributed by atoms with Gasteiger partial charge in [0.1, 0.15) is 0 Å². The van der Waals surface area contributed by atoms with Crippen molar-refractivity contribution >= 4 is 0 Å². The summed E-state index contributed by atoms with van der Waals surface area (Å²) in [6.45, 7) is 4.82. The first-order valence-electron chi connectivity index (χ1n) is 4.99. The quantitative estimate of drug-likeness (QED) is 0.743. The van der Waals surface area contributed by atoms with Crippen molar-refractivity contribution in [3.05, 3.63) is 18.0 Å². The van der Waals surface area contributed by atoms with E-state index in [0.29, 0.717) is 5.92 Å². The zero-order chi connectivity index (χ0) is 10.6. The monoisotopic (exact) mass is 196 g/mol. The predicted octanol–water partition coefficient (Wildman–Crippen LogP) is 0.447. The molecule has 0 spiro atoms. The van der Waals surface area contributed by atoms with E-state index in [2.05, 4.69) is 24.0 Å². The second-order valence-corrected chi connectivity index (χ2v) is 4.02. The molecule has 0 amide bonds. The van der Waals surface area contributed by atoms with Crippen LogP contribution in [0.2, 0.25) is 0 Å². The first-order valence-corrected chi connectivity index (χ1v) is 4.99. The van der Waals surface area contributed by atoms with Gasteiger partial charge in [0.15, 0.2) is 0 Å². The van der Waals surface area contributed by atoms with Crippen molar-refractivity contribution < 1.29 is 0 Å². The Balaban J connectivity index is 2.37. The summed E-state index contributed by atoms with van der Waals surface area (Å²) in [6, 6.07) is 2.05. The minimum atomic E-state index is 0.545. The van der Waals surface area contributed by atoms with Crippen molar-refractivity contribution in [1.82, 2.24) is 14.7 Å². The van der Waals surface area contributed by atoms with Crippen LogP contribution in [0.25, 0.3) is 0 Å². The molecule has 0 saturated carbocycles. The van der Waals surface area contributed by atoms with Gasteiger partial charge in [-0.3, -0.25) is 4.68 Å². The van der Waals surface area contributed by atoms with E-state index in [1.54, 1.807) is 0 Å². The van der Waals surface area contributed by atoms with E-state index in [1.165, 1.54) is 0 Å². The number of nitrogens with zero attached hydrogens (tertiary/aromatic N) is 3. The summed E-state index contributed by atoms with van der Waals surface area (Å²) in [7, 11) is 4.03. The third kappa shape index (κ3) is 3.47. The van der Waals surface area contributed by atoms with Crippen LogP contribution in [-0.4, -0.2) is 34.8 Å². The number of aromatic nitrogens is 2. The second kappa shape index (κ2) is 5.12. The normalized spacial score (nSPS) is 13.5. The summed E-state index contributed by atoms with van der Waals surface area (Å²) in [5.74, 6) is 0.545. The number of hydrogen-bond donors (Lipinski definition) is 1. The molecule has 1 unspecified atom stereocenters. The molecule has 0 aromatic carbocycles. The molecule has 0 fully saturated rings. The maximum atomic E-state index is 5.57. The molecule has 1 rings (SSSR count). The molecule has 2 N–H and O–H groups in total. The van der Waals surface area contributed by atoms with Crippen molar-refractivity contribution in [1.29, 1.82) is 0 Å². The van der Waals surface area contributed by atoms with Crippen LogP contribution in [0.15, 0.2) is 12.3 Å². The Morgan fingerprint density at radius 3 is 2.86 bits per heavy atom. The van der Waals surface area contributed by atoms with E-state index in [-0.39, 0.29) is 0 Å². The highest BCUT2D eigenvalue weighted by Crippen LogP contribution is 2.02. The van der Waals surface area contributed by atoms with Crippen LogP contribution in [0.3, 0.4) is 0 Å². The van der Waals surface area contributed by atoms with E-state index < -0.39 is 0 Å². The van der Waals surface area contributed by atoms with Crippen molar-refractivity contribution in [2.45, 2.75) is 13.5 Å². The third-order valence-corrected chi connectivity index (χ3v) is 2.23. The summed E-state index contributed by atoms with van der Waals surface area (Å²) in [5, 5.41) is 4.33. The molecule has 1 heterocycles. The van der Waals surface area contributed by atoms with Crippen LogP contribution in [0.1, 0.15) is 12.6 Å². The molecule has 0 saturated heterocycles. The van der Waals surface area contributed by atoms with Gasteiger partial charge in [-0.15, -0.1) is 0 Å². The molecule has 0 radical (unpaired) electrons. The zero-order valence-electron chi connectivity index (χ0n) is 9.27. The van der Waals surface area contributed by atoms with Crippen LogP contribution < -0.4 is 5.73 Å². The Morgan fingerprint density at radius 2 is 2.36 bits per heavy atom. The van der Waals surface area contributed by atoms with E-state index in [1.807, 2.05) is 24.0 Å². The van der Waals surface area contributed by atoms with Crippen LogP contribution in [-0.2, 0) is 13.6 Å². The van der Waals surface area contributed by atoms with Crippen molar-refractivity contribution in [3.8, 4) is 0 Å². The molecule has 0 bridgehead atoms. The van der Waals surface area contributed by atoms with Gasteiger partial charge >= 0.3 is 0 Å². The third-order valence-electron chi connectivity index (χ3n) is 2.23. The first kappa shape index (κ1) is 11.2. The summed E-state index contributed by atoms with van der Waals surface area (Å²) < 4.78 is 1.83. The molecular weight excluding hydrogens is 176 g/mol. The van der Waals surface area contributed by atoms with Gasteiger partial charge in [0, 0.05) is 26.3 Å². The lowest BCUT2D eigenvalue weighted by Crippen LogP contribution is -2.28. The van der Waals surface area contributed by atoms with E-state index in [4.69, 9.17) is 5.73 Å². The maximum Gasteiger partial charge on any atom is 0.0764 e. The van der Waals surface area contributed by atoms with Gasteiger partial charge in [-0.25, -0.2) is 0 Å². The van der Waals surface area contributed by atoms with Gasteiger partial charge in [-0.1, -0.05) is 6.92 Å². The topological polar surface area (TPSA) is 47.1 Å². The Morgan fingerprint density at radius 1 is 1.64 bits per heavy atom. The molecule has 1 atom stereocenters. The van der Waals surface area contributed by atoms with Gasteiger partial charge in [0.25, 0.3) is 0 Å². The molecule has 4 nitrogen and oxygen atoms in total. The standard InChI is InChI=1S/C10H20N4/c1-9(6-11)7-13(2)8-10-4-5-14(3)12-10/h4-5,9H,6-8,11H2,1-3H3. The Hall–Kier alpha value is -0.870. The van der Waals surface area contributed by atoms with Crippen molar-refractivity contribution in [2.75, 3.05) is 20.1 Å². The fraction of sp³-hybridized carbons (Fsp3) is 0.700. The molecule has 1 aromatic rings. The molecule has 0 aliphatic carbocycles. The predicted molar refractivity (Wildman–Crippen MR) is 57.8 cm³/mol. The molecule has 14 heavy (non-hydrogen) atoms. The lowest BCUT2D eigenvalue weighted by Gasteiger charge is -2.18. The first-order chi connectivity index (χ1) is 6.61. The van der Waals surface area contributed by atoms with E-state index in [9.17, 15) is 0 Å². The van der Waals surface area contributed by atoms with Gasteiger partial charge < -0.3 is 10.6 Å². The minimum Gasteiger partial charge on any atom is -0.330 e. The molecule has 80 valence electrons. The van der Waals surface area contributed by atoms with Gasteiger partial charge in [-0.05, 0) is 25.6 Å². The fourth-order valence-corrected chi connectivity index (χ4v) is 1.50. The highest BCUT2D eigenvalue weighted by Gasteiger charge is 2.06. The number of nitrogens with two attached hydrogens (primary N) is 1. The number of aryl methyl sites for hydroxylation is 1. The second-order valence-electron chi connectivity index (χ2n) is 4.02. The molecule has 4 heteroatoms. The minimum absolute atomic E-state index is 0.545. The van der Waals surface area contributed by atoms with Crippen LogP contribution in [0.4, 0.5) is 0 Å². The van der Waals surface area contributed by atoms with Crippen LogP contribution in [0, 0.1) is 5.92 Å². The average molecular weight is 196 g/mol. The van der Waals surface area contributed by atoms with Gasteiger partial charge in [0.05, 0.1) is 5.69 Å². The number of hydrogen-bond acceptors (Lipinski definition) is 3.